The molecule has 1 atom stereocenters. The number of methoxy groups -OCH3 is 3. The van der Waals surface area contributed by atoms with Crippen LogP contribution in [0.25, 0.3) is 11.3 Å². The van der Waals surface area contributed by atoms with Crippen molar-refractivity contribution in [2.45, 2.75) is 25.8 Å². The van der Waals surface area contributed by atoms with E-state index in [0.717, 1.165) is 45.9 Å². The zero-order chi connectivity index (χ0) is 27.4. The zero-order valence-electron chi connectivity index (χ0n) is 22.7. The molecule has 3 aromatic carbocycles. The highest BCUT2D eigenvalue weighted by atomic mass is 16.5. The number of hydrogen-bond donors (Lipinski definition) is 1. The number of nitrogens with one attached hydrogen (secondary N) is 1. The summed E-state index contributed by atoms with van der Waals surface area (Å²) in [5.74, 6) is 2.80. The lowest BCUT2D eigenvalue weighted by Gasteiger charge is -2.27. The first-order valence-corrected chi connectivity index (χ1v) is 13.0. The molecule has 8 nitrogen and oxygen atoms in total. The number of carbonyl (C=O) groups is 1. The van der Waals surface area contributed by atoms with Gasteiger partial charge in [-0.25, -0.2) is 0 Å². The van der Waals surface area contributed by atoms with Crippen LogP contribution in [0.2, 0.25) is 0 Å². The van der Waals surface area contributed by atoms with E-state index in [-0.39, 0.29) is 11.9 Å². The average Bonchev–Trinajstić information content (AvgIpc) is 3.53. The lowest BCUT2D eigenvalue weighted by Crippen LogP contribution is -2.31. The minimum absolute atomic E-state index is 0.0809. The molecule has 202 valence electrons. The lowest BCUT2D eigenvalue weighted by atomic mass is 9.95. The van der Waals surface area contributed by atoms with Crippen LogP contribution in [0.1, 0.15) is 46.6 Å². The third-order valence-electron chi connectivity index (χ3n) is 6.96. The smallest absolute Gasteiger partial charge is 0.273 e. The Morgan fingerprint density at radius 3 is 2.41 bits per heavy atom. The summed E-state index contributed by atoms with van der Waals surface area (Å²) in [7, 11) is 4.88. The van der Waals surface area contributed by atoms with Crippen molar-refractivity contribution < 1.29 is 23.7 Å². The van der Waals surface area contributed by atoms with E-state index in [1.165, 1.54) is 0 Å². The van der Waals surface area contributed by atoms with Crippen molar-refractivity contribution in [1.82, 2.24) is 15.1 Å². The molecule has 1 aromatic heterocycles. The second kappa shape index (κ2) is 11.5. The van der Waals surface area contributed by atoms with Gasteiger partial charge in [-0.1, -0.05) is 25.1 Å². The van der Waals surface area contributed by atoms with Crippen LogP contribution in [0.3, 0.4) is 0 Å². The Balaban J connectivity index is 1.53. The van der Waals surface area contributed by atoms with E-state index >= 15 is 0 Å². The number of hydrogen-bond acceptors (Lipinski definition) is 6. The molecule has 0 bridgehead atoms. The van der Waals surface area contributed by atoms with Crippen molar-refractivity contribution in [2.24, 2.45) is 0 Å². The highest BCUT2D eigenvalue weighted by Crippen LogP contribution is 2.43. The fourth-order valence-corrected chi connectivity index (χ4v) is 5.02. The molecule has 0 saturated carbocycles. The van der Waals surface area contributed by atoms with Gasteiger partial charge in [-0.3, -0.25) is 9.89 Å². The normalized spacial score (nSPS) is 14.3. The van der Waals surface area contributed by atoms with E-state index in [2.05, 4.69) is 17.1 Å². The molecule has 39 heavy (non-hydrogen) atoms. The Hall–Kier alpha value is -4.46. The predicted octanol–water partition coefficient (Wildman–Crippen LogP) is 5.68. The molecule has 8 heteroatoms. The molecule has 5 rings (SSSR count). The quantitative estimate of drug-likeness (QED) is 0.270. The second-order valence-electron chi connectivity index (χ2n) is 9.35. The third kappa shape index (κ3) is 5.14. The molecule has 1 N–H and O–H groups in total. The van der Waals surface area contributed by atoms with Gasteiger partial charge in [0.15, 0.2) is 11.5 Å². The standard InChI is InChI=1S/C31H33N3O5/c1-5-17-39-24-8-6-7-22(19-24)30-27-28(21-10-12-23(36-2)13-11-21)32-33-29(27)31(35)34(30)16-15-20-9-14-25(37-3)26(18-20)38-4/h6-14,18-19,30H,5,15-17H2,1-4H3,(H,32,33). The Morgan fingerprint density at radius 2 is 1.69 bits per heavy atom. The van der Waals surface area contributed by atoms with Crippen LogP contribution in [-0.2, 0) is 6.42 Å². The number of carbonyl (C=O) groups excluding carboxylic acids is 1. The molecule has 1 amide bonds. The molecule has 0 saturated heterocycles. The number of aromatic nitrogens is 2. The van der Waals surface area contributed by atoms with Crippen molar-refractivity contribution >= 4 is 5.91 Å². The summed E-state index contributed by atoms with van der Waals surface area (Å²) in [4.78, 5) is 15.7. The van der Waals surface area contributed by atoms with Gasteiger partial charge in [0.2, 0.25) is 0 Å². The lowest BCUT2D eigenvalue weighted by molar-refractivity contribution is 0.0745. The molecule has 2 heterocycles. The van der Waals surface area contributed by atoms with Gasteiger partial charge in [0.1, 0.15) is 17.2 Å². The zero-order valence-corrected chi connectivity index (χ0v) is 22.7. The first kappa shape index (κ1) is 26.2. The molecule has 4 aromatic rings. The molecular weight excluding hydrogens is 494 g/mol. The number of ether oxygens (including phenoxy) is 4. The summed E-state index contributed by atoms with van der Waals surface area (Å²) in [5, 5.41) is 7.61. The van der Waals surface area contributed by atoms with Crippen LogP contribution >= 0.6 is 0 Å². The van der Waals surface area contributed by atoms with E-state index in [9.17, 15) is 4.79 Å². The highest BCUT2D eigenvalue weighted by molar-refractivity contribution is 6.00. The fourth-order valence-electron chi connectivity index (χ4n) is 5.02. The number of rotatable bonds is 11. The van der Waals surface area contributed by atoms with Gasteiger partial charge in [0.05, 0.1) is 39.7 Å². The Labute approximate surface area is 228 Å². The SMILES string of the molecule is CCCOc1cccc(C2c3c(-c4ccc(OC)cc4)n[nH]c3C(=O)N2CCc2ccc(OC)c(OC)c2)c1. The molecule has 0 aliphatic carbocycles. The van der Waals surface area contributed by atoms with Gasteiger partial charge in [0.25, 0.3) is 5.91 Å². The van der Waals surface area contributed by atoms with Gasteiger partial charge < -0.3 is 23.8 Å². The van der Waals surface area contributed by atoms with Crippen molar-refractivity contribution in [2.75, 3.05) is 34.5 Å². The van der Waals surface area contributed by atoms with Gasteiger partial charge >= 0.3 is 0 Å². The minimum Gasteiger partial charge on any atom is -0.497 e. The average molecular weight is 528 g/mol. The molecular formula is C31H33N3O5. The summed E-state index contributed by atoms with van der Waals surface area (Å²) in [5.41, 5.74) is 5.05. The third-order valence-corrected chi connectivity index (χ3v) is 6.96. The largest absolute Gasteiger partial charge is 0.497 e. The topological polar surface area (TPSA) is 85.9 Å². The molecule has 0 spiro atoms. The fraction of sp³-hybridized carbons (Fsp3) is 0.290. The van der Waals surface area contributed by atoms with Gasteiger partial charge in [-0.05, 0) is 72.5 Å². The van der Waals surface area contributed by atoms with E-state index in [1.807, 2.05) is 71.6 Å². The number of fused-ring (bicyclic) bond motifs is 1. The highest BCUT2D eigenvalue weighted by Gasteiger charge is 2.42. The molecule has 1 unspecified atom stereocenters. The van der Waals surface area contributed by atoms with Crippen LogP contribution in [0.15, 0.2) is 66.7 Å². The molecule has 0 fully saturated rings. The number of benzene rings is 3. The van der Waals surface area contributed by atoms with Crippen LogP contribution in [0, 0.1) is 0 Å². The Kier molecular flexibility index (Phi) is 7.72. The second-order valence-corrected chi connectivity index (χ2v) is 9.35. The van der Waals surface area contributed by atoms with E-state index in [0.29, 0.717) is 36.8 Å². The van der Waals surface area contributed by atoms with Crippen LogP contribution in [0.4, 0.5) is 0 Å². The van der Waals surface area contributed by atoms with Crippen molar-refractivity contribution in [3.05, 3.63) is 89.1 Å². The maximum atomic E-state index is 13.8. The van der Waals surface area contributed by atoms with E-state index < -0.39 is 0 Å². The summed E-state index contributed by atoms with van der Waals surface area (Å²) >= 11 is 0. The van der Waals surface area contributed by atoms with Crippen molar-refractivity contribution in [1.29, 1.82) is 0 Å². The number of H-pyrrole nitrogens is 1. The maximum Gasteiger partial charge on any atom is 0.273 e. The van der Waals surface area contributed by atoms with E-state index in [4.69, 9.17) is 18.9 Å². The summed E-state index contributed by atoms with van der Waals surface area (Å²) in [6.45, 7) is 3.21. The number of aromatic amines is 1. The minimum atomic E-state index is -0.325. The number of amides is 1. The predicted molar refractivity (Wildman–Crippen MR) is 149 cm³/mol. The van der Waals surface area contributed by atoms with E-state index in [1.54, 1.807) is 21.3 Å². The monoisotopic (exact) mass is 527 g/mol. The first-order valence-electron chi connectivity index (χ1n) is 13.0. The van der Waals surface area contributed by atoms with Crippen LogP contribution < -0.4 is 18.9 Å². The molecule has 1 aliphatic rings. The Bertz CT molecular complexity index is 1450. The Morgan fingerprint density at radius 1 is 0.897 bits per heavy atom. The van der Waals surface area contributed by atoms with Crippen LogP contribution in [-0.4, -0.2) is 55.5 Å². The summed E-state index contributed by atoms with van der Waals surface area (Å²) in [6.07, 6.45) is 1.56. The number of nitrogens with zero attached hydrogens (tertiary/aromatic N) is 2. The maximum absolute atomic E-state index is 13.8. The van der Waals surface area contributed by atoms with Gasteiger partial charge in [-0.2, -0.15) is 5.10 Å². The van der Waals surface area contributed by atoms with Crippen molar-refractivity contribution in [3.8, 4) is 34.3 Å². The molecule has 0 radical (unpaired) electrons. The summed E-state index contributed by atoms with van der Waals surface area (Å²) in [6, 6.07) is 21.2. The molecule has 1 aliphatic heterocycles. The van der Waals surface area contributed by atoms with Gasteiger partial charge in [-0.15, -0.1) is 0 Å². The van der Waals surface area contributed by atoms with Crippen LogP contribution in [0.5, 0.6) is 23.0 Å². The van der Waals surface area contributed by atoms with Gasteiger partial charge in [0, 0.05) is 17.7 Å². The summed E-state index contributed by atoms with van der Waals surface area (Å²) < 4.78 is 22.1. The van der Waals surface area contributed by atoms with Crippen molar-refractivity contribution in [3.63, 3.8) is 0 Å². The first-order chi connectivity index (χ1) is 19.1.